The first-order chi connectivity index (χ1) is 9.06. The van der Waals surface area contributed by atoms with E-state index in [-0.39, 0.29) is 24.1 Å². The molecule has 1 aromatic rings. The topological polar surface area (TPSA) is 101 Å². The third-order valence-electron chi connectivity index (χ3n) is 2.44. The number of carbonyl (C=O) groups is 1. The summed E-state index contributed by atoms with van der Waals surface area (Å²) in [5.74, 6) is -0.410. The minimum atomic E-state index is -0.643. The van der Waals surface area contributed by atoms with Gasteiger partial charge in [-0.2, -0.15) is 5.10 Å². The summed E-state index contributed by atoms with van der Waals surface area (Å²) < 4.78 is 4.84. The van der Waals surface area contributed by atoms with E-state index in [1.165, 1.54) is 18.3 Å². The second kappa shape index (κ2) is 7.27. The Bertz CT molecular complexity index is 465. The van der Waals surface area contributed by atoms with Crippen LogP contribution in [0.3, 0.4) is 0 Å². The molecule has 1 rings (SSSR count). The van der Waals surface area contributed by atoms with Crippen LogP contribution in [-0.4, -0.2) is 41.6 Å². The zero-order valence-electron chi connectivity index (χ0n) is 10.8. The van der Waals surface area contributed by atoms with Gasteiger partial charge in [-0.1, -0.05) is 13.8 Å². The van der Waals surface area contributed by atoms with Gasteiger partial charge in [0.15, 0.2) is 5.76 Å². The Labute approximate surface area is 110 Å². The van der Waals surface area contributed by atoms with E-state index in [1.807, 2.05) is 18.7 Å². The van der Waals surface area contributed by atoms with Gasteiger partial charge in [-0.3, -0.25) is 19.8 Å². The highest BCUT2D eigenvalue weighted by atomic mass is 16.6. The molecule has 0 saturated carbocycles. The van der Waals surface area contributed by atoms with E-state index in [1.54, 1.807) is 0 Å². The van der Waals surface area contributed by atoms with Crippen LogP contribution in [0.1, 0.15) is 19.6 Å². The minimum absolute atomic E-state index is 0.204. The van der Waals surface area contributed by atoms with E-state index in [2.05, 4.69) is 10.5 Å². The molecule has 104 valence electrons. The van der Waals surface area contributed by atoms with Crippen LogP contribution in [0.4, 0.5) is 5.88 Å². The maximum absolute atomic E-state index is 11.5. The van der Waals surface area contributed by atoms with Crippen molar-refractivity contribution in [1.29, 1.82) is 0 Å². The number of nitrogens with zero attached hydrogens (tertiary/aromatic N) is 3. The zero-order valence-corrected chi connectivity index (χ0v) is 10.8. The molecule has 0 saturated heterocycles. The van der Waals surface area contributed by atoms with Gasteiger partial charge in [0.05, 0.1) is 18.8 Å². The zero-order chi connectivity index (χ0) is 14.3. The number of hydrogen-bond acceptors (Lipinski definition) is 6. The summed E-state index contributed by atoms with van der Waals surface area (Å²) in [5.41, 5.74) is 2.33. The van der Waals surface area contributed by atoms with Gasteiger partial charge >= 0.3 is 5.88 Å². The van der Waals surface area contributed by atoms with Crippen molar-refractivity contribution in [2.24, 2.45) is 5.10 Å². The van der Waals surface area contributed by atoms with E-state index < -0.39 is 4.92 Å². The first-order valence-corrected chi connectivity index (χ1v) is 5.85. The summed E-state index contributed by atoms with van der Waals surface area (Å²) in [6.07, 6.45) is 1.22. The molecule has 1 aromatic heterocycles. The second-order valence-electron chi connectivity index (χ2n) is 3.69. The lowest BCUT2D eigenvalue weighted by Gasteiger charge is -2.15. The van der Waals surface area contributed by atoms with Crippen LogP contribution in [0, 0.1) is 10.1 Å². The van der Waals surface area contributed by atoms with Crippen molar-refractivity contribution in [1.82, 2.24) is 10.3 Å². The van der Waals surface area contributed by atoms with Crippen LogP contribution >= 0.6 is 0 Å². The summed E-state index contributed by atoms with van der Waals surface area (Å²) in [7, 11) is 0. The lowest BCUT2D eigenvalue weighted by molar-refractivity contribution is -0.402. The molecule has 8 nitrogen and oxygen atoms in total. The van der Waals surface area contributed by atoms with Gasteiger partial charge in [-0.15, -0.1) is 0 Å². The summed E-state index contributed by atoms with van der Waals surface area (Å²) >= 11 is 0. The Morgan fingerprint density at radius 3 is 2.74 bits per heavy atom. The standard InChI is InChI=1S/C11H16N4O4/c1-3-14(4-2)8-10(16)13-12-7-9-5-6-11(19-9)15(17)18/h5-7H,3-4,8H2,1-2H3,(H,13,16)/b12-7+. The SMILES string of the molecule is CCN(CC)CC(=O)N/N=C/c1ccc([N+](=O)[O-])o1. The fourth-order valence-corrected chi connectivity index (χ4v) is 1.36. The fourth-order valence-electron chi connectivity index (χ4n) is 1.36. The normalized spacial score (nSPS) is 11.1. The average molecular weight is 268 g/mol. The van der Waals surface area contributed by atoms with E-state index in [0.717, 1.165) is 13.1 Å². The van der Waals surface area contributed by atoms with Crippen LogP contribution in [0.15, 0.2) is 21.7 Å². The van der Waals surface area contributed by atoms with Crippen molar-refractivity contribution >= 4 is 18.0 Å². The van der Waals surface area contributed by atoms with Crippen molar-refractivity contribution in [3.63, 3.8) is 0 Å². The Morgan fingerprint density at radius 1 is 1.53 bits per heavy atom. The molecule has 0 aromatic carbocycles. The monoisotopic (exact) mass is 268 g/mol. The number of amides is 1. The van der Waals surface area contributed by atoms with Crippen molar-refractivity contribution < 1.29 is 14.1 Å². The van der Waals surface area contributed by atoms with Crippen LogP contribution in [0.5, 0.6) is 0 Å². The minimum Gasteiger partial charge on any atom is -0.400 e. The molecular weight excluding hydrogens is 252 g/mol. The van der Waals surface area contributed by atoms with Crippen molar-refractivity contribution in [3.8, 4) is 0 Å². The van der Waals surface area contributed by atoms with Gasteiger partial charge in [0.2, 0.25) is 0 Å². The van der Waals surface area contributed by atoms with Gasteiger partial charge < -0.3 is 4.42 Å². The van der Waals surface area contributed by atoms with Crippen LogP contribution in [0.2, 0.25) is 0 Å². The van der Waals surface area contributed by atoms with E-state index in [9.17, 15) is 14.9 Å². The van der Waals surface area contributed by atoms with Crippen molar-refractivity contribution in [3.05, 3.63) is 28.0 Å². The summed E-state index contributed by atoms with van der Waals surface area (Å²) in [5, 5.41) is 14.0. The molecule has 0 bridgehead atoms. The largest absolute Gasteiger partial charge is 0.433 e. The number of hydrogen-bond donors (Lipinski definition) is 1. The molecule has 0 spiro atoms. The number of hydrazone groups is 1. The maximum Gasteiger partial charge on any atom is 0.433 e. The molecule has 0 aliphatic rings. The highest BCUT2D eigenvalue weighted by molar-refractivity contribution is 5.81. The molecule has 0 unspecified atom stereocenters. The second-order valence-corrected chi connectivity index (χ2v) is 3.69. The number of rotatable bonds is 7. The molecular formula is C11H16N4O4. The Morgan fingerprint density at radius 2 is 2.21 bits per heavy atom. The number of nitro groups is 1. The highest BCUT2D eigenvalue weighted by Gasteiger charge is 2.10. The van der Waals surface area contributed by atoms with Crippen LogP contribution in [0.25, 0.3) is 0 Å². The van der Waals surface area contributed by atoms with Crippen LogP contribution in [-0.2, 0) is 4.79 Å². The summed E-state index contributed by atoms with van der Waals surface area (Å²) in [6, 6.07) is 2.62. The smallest absolute Gasteiger partial charge is 0.400 e. The van der Waals surface area contributed by atoms with Gasteiger partial charge in [0.1, 0.15) is 4.92 Å². The molecule has 0 aliphatic heterocycles. The van der Waals surface area contributed by atoms with Gasteiger partial charge in [0, 0.05) is 0 Å². The van der Waals surface area contributed by atoms with Gasteiger partial charge in [-0.25, -0.2) is 5.43 Å². The van der Waals surface area contributed by atoms with E-state index >= 15 is 0 Å². The fraction of sp³-hybridized carbons (Fsp3) is 0.455. The lowest BCUT2D eigenvalue weighted by atomic mass is 10.4. The molecule has 19 heavy (non-hydrogen) atoms. The first-order valence-electron chi connectivity index (χ1n) is 5.85. The van der Waals surface area contributed by atoms with E-state index in [4.69, 9.17) is 4.42 Å². The molecule has 0 atom stereocenters. The molecule has 1 amide bonds. The molecule has 0 radical (unpaired) electrons. The highest BCUT2D eigenvalue weighted by Crippen LogP contribution is 2.13. The first kappa shape index (κ1) is 14.8. The van der Waals surface area contributed by atoms with Gasteiger partial charge in [-0.05, 0) is 19.2 Å². The van der Waals surface area contributed by atoms with Crippen molar-refractivity contribution in [2.75, 3.05) is 19.6 Å². The third kappa shape index (κ3) is 4.88. The average Bonchev–Trinajstić information content (AvgIpc) is 2.85. The Hall–Kier alpha value is -2.22. The molecule has 0 fully saturated rings. The number of likely N-dealkylation sites (N-methyl/N-ethyl adjacent to an activating group) is 1. The predicted molar refractivity (Wildman–Crippen MR) is 68.9 cm³/mol. The number of carbonyl (C=O) groups excluding carboxylic acids is 1. The van der Waals surface area contributed by atoms with E-state index in [0.29, 0.717) is 0 Å². The maximum atomic E-state index is 11.5. The quantitative estimate of drug-likeness (QED) is 0.451. The molecule has 1 heterocycles. The predicted octanol–water partition coefficient (Wildman–Crippen LogP) is 0.980. The number of furan rings is 1. The lowest BCUT2D eigenvalue weighted by Crippen LogP contribution is -2.35. The summed E-state index contributed by atoms with van der Waals surface area (Å²) in [4.78, 5) is 23.1. The molecule has 8 heteroatoms. The molecule has 1 N–H and O–H groups in total. The molecule has 0 aliphatic carbocycles. The number of nitrogens with one attached hydrogen (secondary N) is 1. The summed E-state index contributed by atoms with van der Waals surface area (Å²) in [6.45, 7) is 5.72. The van der Waals surface area contributed by atoms with Crippen molar-refractivity contribution in [2.45, 2.75) is 13.8 Å². The Balaban J connectivity index is 2.44. The van der Waals surface area contributed by atoms with Gasteiger partial charge in [0.25, 0.3) is 5.91 Å². The van der Waals surface area contributed by atoms with Crippen LogP contribution < -0.4 is 5.43 Å². The third-order valence-corrected chi connectivity index (χ3v) is 2.44. The Kier molecular flexibility index (Phi) is 5.68.